The molecule has 2 bridgehead atoms. The summed E-state index contributed by atoms with van der Waals surface area (Å²) in [6.45, 7) is 2.55. The van der Waals surface area contributed by atoms with Gasteiger partial charge in [0.25, 0.3) is 0 Å². The van der Waals surface area contributed by atoms with Gasteiger partial charge in [-0.2, -0.15) is 0 Å². The van der Waals surface area contributed by atoms with E-state index in [0.29, 0.717) is 11.8 Å². The second-order valence-corrected chi connectivity index (χ2v) is 7.15. The number of esters is 1. The molecule has 1 aliphatic carbocycles. The Hall–Kier alpha value is -2.13. The molecule has 1 fully saturated rings. The van der Waals surface area contributed by atoms with E-state index < -0.39 is 0 Å². The van der Waals surface area contributed by atoms with E-state index in [1.807, 2.05) is 6.07 Å². The van der Waals surface area contributed by atoms with Crippen molar-refractivity contribution < 1.29 is 9.53 Å². The number of ether oxygens (including phenoxy) is 1. The first-order valence-corrected chi connectivity index (χ1v) is 8.66. The van der Waals surface area contributed by atoms with Crippen LogP contribution in [0.15, 0.2) is 48.5 Å². The van der Waals surface area contributed by atoms with Crippen molar-refractivity contribution in [3.63, 3.8) is 0 Å². The third kappa shape index (κ3) is 2.44. The minimum atomic E-state index is -0.263. The molecular formula is C21H23NO2. The molecule has 1 heterocycles. The van der Waals surface area contributed by atoms with E-state index in [1.54, 1.807) is 0 Å². The average molecular weight is 321 g/mol. The van der Waals surface area contributed by atoms with Gasteiger partial charge in [0.2, 0.25) is 0 Å². The van der Waals surface area contributed by atoms with Crippen LogP contribution in [-0.4, -0.2) is 30.5 Å². The standard InChI is InChI=1S/C21H23NO2/c1-15(23)24-19-9-8-16-12-18-14-21(20(16)13-19,10-11-22(18)2)17-6-4-3-5-7-17/h3-9,13,18H,10-12,14H2,1-2H3. The van der Waals surface area contributed by atoms with Crippen molar-refractivity contribution >= 4 is 5.97 Å². The number of likely N-dealkylation sites (N-methyl/N-ethyl adjacent to an activating group) is 1. The molecule has 0 amide bonds. The molecule has 1 saturated heterocycles. The summed E-state index contributed by atoms with van der Waals surface area (Å²) in [5.41, 5.74) is 4.14. The highest BCUT2D eigenvalue weighted by atomic mass is 16.5. The number of hydrogen-bond acceptors (Lipinski definition) is 3. The van der Waals surface area contributed by atoms with E-state index in [1.165, 1.54) is 23.6 Å². The van der Waals surface area contributed by atoms with Gasteiger partial charge >= 0.3 is 5.97 Å². The molecule has 124 valence electrons. The Bertz CT molecular complexity index is 771. The number of piperidine rings is 1. The predicted octanol–water partition coefficient (Wildman–Crippen LogP) is 3.55. The summed E-state index contributed by atoms with van der Waals surface area (Å²) in [5.74, 6) is 0.398. The Labute approximate surface area is 143 Å². The van der Waals surface area contributed by atoms with Gasteiger partial charge in [-0.15, -0.1) is 0 Å². The summed E-state index contributed by atoms with van der Waals surface area (Å²) >= 11 is 0. The fourth-order valence-corrected chi connectivity index (χ4v) is 4.52. The van der Waals surface area contributed by atoms with E-state index >= 15 is 0 Å². The summed E-state index contributed by atoms with van der Waals surface area (Å²) in [7, 11) is 2.23. The van der Waals surface area contributed by atoms with Crippen molar-refractivity contribution in [3.05, 3.63) is 65.2 Å². The van der Waals surface area contributed by atoms with Gasteiger partial charge in [0.05, 0.1) is 0 Å². The molecule has 2 aromatic rings. The van der Waals surface area contributed by atoms with Crippen molar-refractivity contribution in [1.82, 2.24) is 4.90 Å². The predicted molar refractivity (Wildman–Crippen MR) is 94.3 cm³/mol. The topological polar surface area (TPSA) is 29.5 Å². The summed E-state index contributed by atoms with van der Waals surface area (Å²) in [6.07, 6.45) is 3.30. The average Bonchev–Trinajstić information content (AvgIpc) is 2.59. The largest absolute Gasteiger partial charge is 0.427 e. The van der Waals surface area contributed by atoms with Crippen LogP contribution in [0.2, 0.25) is 0 Å². The van der Waals surface area contributed by atoms with Gasteiger partial charge in [-0.3, -0.25) is 4.79 Å². The monoisotopic (exact) mass is 321 g/mol. The SMILES string of the molecule is CC(=O)Oc1ccc2c(c1)C1(c3ccccc3)CCN(C)C(C2)C1. The van der Waals surface area contributed by atoms with Gasteiger partial charge in [-0.25, -0.2) is 0 Å². The van der Waals surface area contributed by atoms with Gasteiger partial charge < -0.3 is 9.64 Å². The van der Waals surface area contributed by atoms with Gasteiger partial charge in [0, 0.05) is 18.4 Å². The zero-order valence-electron chi connectivity index (χ0n) is 14.3. The maximum absolute atomic E-state index is 11.4. The first-order valence-electron chi connectivity index (χ1n) is 8.66. The number of carbonyl (C=O) groups excluding carboxylic acids is 1. The van der Waals surface area contributed by atoms with Crippen LogP contribution < -0.4 is 4.74 Å². The lowest BCUT2D eigenvalue weighted by Gasteiger charge is -2.50. The fraction of sp³-hybridized carbons (Fsp3) is 0.381. The quantitative estimate of drug-likeness (QED) is 0.626. The molecule has 2 aliphatic rings. The summed E-state index contributed by atoms with van der Waals surface area (Å²) < 4.78 is 5.37. The molecule has 1 aliphatic heterocycles. The van der Waals surface area contributed by atoms with Crippen LogP contribution in [0.3, 0.4) is 0 Å². The van der Waals surface area contributed by atoms with Crippen LogP contribution in [0.5, 0.6) is 5.75 Å². The summed E-state index contributed by atoms with van der Waals surface area (Å²) in [4.78, 5) is 13.8. The van der Waals surface area contributed by atoms with Crippen LogP contribution in [0.1, 0.15) is 36.5 Å². The zero-order valence-corrected chi connectivity index (χ0v) is 14.3. The molecule has 2 atom stereocenters. The molecule has 0 saturated carbocycles. The maximum Gasteiger partial charge on any atom is 0.308 e. The van der Waals surface area contributed by atoms with Crippen LogP contribution in [0, 0.1) is 0 Å². The molecule has 0 radical (unpaired) electrons. The summed E-state index contributed by atoms with van der Waals surface area (Å²) in [5, 5.41) is 0. The van der Waals surface area contributed by atoms with Crippen LogP contribution in [0.25, 0.3) is 0 Å². The number of likely N-dealkylation sites (tertiary alicyclic amines) is 1. The summed E-state index contributed by atoms with van der Waals surface area (Å²) in [6, 6.07) is 17.6. The lowest BCUT2D eigenvalue weighted by atomic mass is 9.60. The highest BCUT2D eigenvalue weighted by Crippen LogP contribution is 2.49. The van der Waals surface area contributed by atoms with Crippen molar-refractivity contribution in [3.8, 4) is 5.75 Å². The van der Waals surface area contributed by atoms with Gasteiger partial charge in [0.15, 0.2) is 0 Å². The molecule has 3 heteroatoms. The number of nitrogens with zero attached hydrogens (tertiary/aromatic N) is 1. The van der Waals surface area contributed by atoms with E-state index in [0.717, 1.165) is 25.8 Å². The Kier molecular flexibility index (Phi) is 3.69. The first kappa shape index (κ1) is 15.4. The lowest BCUT2D eigenvalue weighted by Crippen LogP contribution is -2.52. The smallest absolute Gasteiger partial charge is 0.308 e. The van der Waals surface area contributed by atoms with E-state index in [4.69, 9.17) is 4.74 Å². The van der Waals surface area contributed by atoms with Crippen molar-refractivity contribution in [2.45, 2.75) is 37.6 Å². The van der Waals surface area contributed by atoms with Crippen LogP contribution in [-0.2, 0) is 16.6 Å². The number of benzene rings is 2. The zero-order chi connectivity index (χ0) is 16.7. The second-order valence-electron chi connectivity index (χ2n) is 7.15. The molecule has 2 unspecified atom stereocenters. The van der Waals surface area contributed by atoms with Crippen molar-refractivity contribution in [2.24, 2.45) is 0 Å². The number of carbonyl (C=O) groups is 1. The fourth-order valence-electron chi connectivity index (χ4n) is 4.52. The Morgan fingerprint density at radius 3 is 2.75 bits per heavy atom. The highest BCUT2D eigenvalue weighted by molar-refractivity contribution is 5.69. The van der Waals surface area contributed by atoms with Crippen molar-refractivity contribution in [2.75, 3.05) is 13.6 Å². The number of rotatable bonds is 2. The lowest BCUT2D eigenvalue weighted by molar-refractivity contribution is -0.131. The van der Waals surface area contributed by atoms with E-state index in [-0.39, 0.29) is 11.4 Å². The Morgan fingerprint density at radius 2 is 2.00 bits per heavy atom. The Balaban J connectivity index is 1.87. The molecular weight excluding hydrogens is 298 g/mol. The number of hydrogen-bond donors (Lipinski definition) is 0. The molecule has 4 rings (SSSR count). The third-order valence-corrected chi connectivity index (χ3v) is 5.74. The van der Waals surface area contributed by atoms with Gasteiger partial charge in [0.1, 0.15) is 5.75 Å². The van der Waals surface area contributed by atoms with E-state index in [2.05, 4.69) is 54.4 Å². The van der Waals surface area contributed by atoms with Crippen LogP contribution in [0.4, 0.5) is 0 Å². The second kappa shape index (κ2) is 5.75. The third-order valence-electron chi connectivity index (χ3n) is 5.74. The first-order chi connectivity index (χ1) is 11.6. The molecule has 0 aromatic heterocycles. The molecule has 24 heavy (non-hydrogen) atoms. The van der Waals surface area contributed by atoms with Crippen LogP contribution >= 0.6 is 0 Å². The maximum atomic E-state index is 11.4. The molecule has 2 aromatic carbocycles. The normalized spacial score (nSPS) is 25.8. The minimum Gasteiger partial charge on any atom is -0.427 e. The molecule has 0 N–H and O–H groups in total. The molecule has 3 nitrogen and oxygen atoms in total. The molecule has 0 spiro atoms. The van der Waals surface area contributed by atoms with Crippen molar-refractivity contribution in [1.29, 1.82) is 0 Å². The minimum absolute atomic E-state index is 0.0299. The Morgan fingerprint density at radius 1 is 1.21 bits per heavy atom. The van der Waals surface area contributed by atoms with E-state index in [9.17, 15) is 4.79 Å². The highest BCUT2D eigenvalue weighted by Gasteiger charge is 2.46. The van der Waals surface area contributed by atoms with Gasteiger partial charge in [-0.05, 0) is 61.7 Å². The number of fused-ring (bicyclic) bond motifs is 4. The van der Waals surface area contributed by atoms with Gasteiger partial charge in [-0.1, -0.05) is 36.4 Å².